The van der Waals surface area contributed by atoms with E-state index in [0.717, 1.165) is 5.39 Å². The van der Waals surface area contributed by atoms with Crippen LogP contribution >= 0.6 is 0 Å². The maximum Gasteiger partial charge on any atom is 0.404 e. The summed E-state index contributed by atoms with van der Waals surface area (Å²) in [4.78, 5) is 24.9. The van der Waals surface area contributed by atoms with Crippen LogP contribution in [0.5, 0.6) is 5.88 Å². The molecule has 7 nitrogen and oxygen atoms in total. The van der Waals surface area contributed by atoms with Crippen molar-refractivity contribution in [2.24, 2.45) is 13.0 Å². The molecule has 0 aliphatic carbocycles. The average molecular weight is 369 g/mol. The molecular weight excluding hydrogens is 346 g/mol. The topological polar surface area (TPSA) is 80.2 Å². The van der Waals surface area contributed by atoms with E-state index in [9.17, 15) is 14.8 Å². The molecule has 0 atom stereocenters. The van der Waals surface area contributed by atoms with Gasteiger partial charge < -0.3 is 9.94 Å². The van der Waals surface area contributed by atoms with Crippen molar-refractivity contribution in [3.05, 3.63) is 51.7 Å². The van der Waals surface area contributed by atoms with Crippen LogP contribution in [0.4, 0.5) is 0 Å². The normalized spacial score (nSPS) is 11.3. The zero-order chi connectivity index (χ0) is 19.9. The molecule has 0 unspecified atom stereocenters. The Labute approximate surface area is 157 Å². The zero-order valence-corrected chi connectivity index (χ0v) is 16.1. The van der Waals surface area contributed by atoms with Crippen LogP contribution in [0.15, 0.2) is 35.3 Å². The highest BCUT2D eigenvalue weighted by Gasteiger charge is 2.29. The molecule has 2 aromatic heterocycles. The van der Waals surface area contributed by atoms with Crippen molar-refractivity contribution < 1.29 is 14.3 Å². The molecule has 27 heavy (non-hydrogen) atoms. The summed E-state index contributed by atoms with van der Waals surface area (Å²) in [6.45, 7) is 5.35. The second-order valence-corrected chi connectivity index (χ2v) is 7.01. The highest BCUT2D eigenvalue weighted by molar-refractivity contribution is 6.01. The van der Waals surface area contributed by atoms with E-state index in [0.29, 0.717) is 27.9 Å². The summed E-state index contributed by atoms with van der Waals surface area (Å²) in [5, 5.41) is 13.6. The fraction of sp³-hybridized carbons (Fsp3) is 0.350. The molecule has 7 heteroatoms. The highest BCUT2D eigenvalue weighted by Crippen LogP contribution is 2.34. The zero-order valence-electron chi connectivity index (χ0n) is 16.1. The van der Waals surface area contributed by atoms with Gasteiger partial charge in [-0.3, -0.25) is 18.7 Å². The van der Waals surface area contributed by atoms with Gasteiger partial charge in [-0.15, -0.1) is 4.73 Å². The van der Waals surface area contributed by atoms with E-state index in [1.165, 1.54) is 23.2 Å². The number of benzene rings is 1. The molecular formula is C20H23N3O4. The lowest BCUT2D eigenvalue weighted by atomic mass is 10.1. The van der Waals surface area contributed by atoms with Crippen molar-refractivity contribution in [1.29, 1.82) is 0 Å². The summed E-state index contributed by atoms with van der Waals surface area (Å²) < 4.78 is 8.92. The van der Waals surface area contributed by atoms with Crippen LogP contribution in [0.25, 0.3) is 22.2 Å². The number of methoxy groups -OCH3 is 1. The first-order chi connectivity index (χ1) is 12.8. The van der Waals surface area contributed by atoms with Gasteiger partial charge in [0.2, 0.25) is 5.91 Å². The molecule has 0 aliphatic heterocycles. The van der Waals surface area contributed by atoms with Gasteiger partial charge in [0.15, 0.2) is 5.69 Å². The van der Waals surface area contributed by atoms with Gasteiger partial charge in [-0.25, -0.2) is 0 Å². The number of hydrogen-bond donors (Lipinski definition) is 0. The molecule has 0 amide bonds. The maximum atomic E-state index is 12.9. The van der Waals surface area contributed by atoms with Gasteiger partial charge in [-0.1, -0.05) is 32.0 Å². The summed E-state index contributed by atoms with van der Waals surface area (Å²) in [5.41, 5.74) is 1.43. The molecule has 3 aromatic rings. The summed E-state index contributed by atoms with van der Waals surface area (Å²) in [5.74, 6) is 0.0279. The second kappa shape index (κ2) is 6.90. The summed E-state index contributed by atoms with van der Waals surface area (Å²) in [7, 11) is 3.02. The predicted octanol–water partition coefficient (Wildman–Crippen LogP) is 2.51. The number of ether oxygens (including phenoxy) is 1. The third-order valence-corrected chi connectivity index (χ3v) is 4.62. The maximum absolute atomic E-state index is 12.9. The van der Waals surface area contributed by atoms with E-state index in [2.05, 4.69) is 0 Å². The standard InChI is InChI=1S/C20H23N3O4/c1-12(2)10-17-19(25)21(4)18(20(27-5)23(17)26)15-11-22(13(3)24)16-9-7-6-8-14(15)16/h6-9,11-12H,10H2,1-5H3. The molecule has 142 valence electrons. The minimum Gasteiger partial charge on any atom is -0.616 e. The van der Waals surface area contributed by atoms with E-state index in [4.69, 9.17) is 4.74 Å². The Hall–Kier alpha value is -3.09. The summed E-state index contributed by atoms with van der Waals surface area (Å²) in [6.07, 6.45) is 1.99. The lowest BCUT2D eigenvalue weighted by Gasteiger charge is -2.15. The fourth-order valence-electron chi connectivity index (χ4n) is 3.41. The lowest BCUT2D eigenvalue weighted by Crippen LogP contribution is -2.44. The molecule has 0 saturated heterocycles. The molecule has 0 N–H and O–H groups in total. The predicted molar refractivity (Wildman–Crippen MR) is 103 cm³/mol. The van der Waals surface area contributed by atoms with Crippen molar-refractivity contribution in [1.82, 2.24) is 9.13 Å². The minimum absolute atomic E-state index is 0.0409. The van der Waals surface area contributed by atoms with Crippen molar-refractivity contribution in [3.8, 4) is 17.1 Å². The van der Waals surface area contributed by atoms with Crippen molar-refractivity contribution in [3.63, 3.8) is 0 Å². The van der Waals surface area contributed by atoms with Crippen LogP contribution < -0.4 is 15.0 Å². The van der Waals surface area contributed by atoms with Crippen LogP contribution in [-0.2, 0) is 13.5 Å². The molecule has 0 bridgehead atoms. The number of carbonyl (C=O) groups is 1. The van der Waals surface area contributed by atoms with Crippen LogP contribution in [0, 0.1) is 11.1 Å². The number of aromatic nitrogens is 3. The van der Waals surface area contributed by atoms with Gasteiger partial charge in [0.25, 0.3) is 5.69 Å². The van der Waals surface area contributed by atoms with Gasteiger partial charge in [-0.05, 0) is 12.0 Å². The van der Waals surface area contributed by atoms with Crippen molar-refractivity contribution >= 4 is 16.8 Å². The largest absolute Gasteiger partial charge is 0.616 e. The van der Waals surface area contributed by atoms with Crippen LogP contribution in [0.1, 0.15) is 31.3 Å². The van der Waals surface area contributed by atoms with Gasteiger partial charge in [0.1, 0.15) is 0 Å². The first-order valence-electron chi connectivity index (χ1n) is 8.78. The Morgan fingerprint density at radius 2 is 1.96 bits per heavy atom. The number of nitrogens with zero attached hydrogens (tertiary/aromatic N) is 3. The fourth-order valence-corrected chi connectivity index (χ4v) is 3.41. The van der Waals surface area contributed by atoms with E-state index in [1.54, 1.807) is 13.2 Å². The number of hydrogen-bond acceptors (Lipinski definition) is 4. The third-order valence-electron chi connectivity index (χ3n) is 4.62. The summed E-state index contributed by atoms with van der Waals surface area (Å²) >= 11 is 0. The molecule has 1 aromatic carbocycles. The second-order valence-electron chi connectivity index (χ2n) is 7.01. The van der Waals surface area contributed by atoms with Crippen LogP contribution in [0.3, 0.4) is 0 Å². The van der Waals surface area contributed by atoms with Gasteiger partial charge in [0, 0.05) is 37.5 Å². The Bertz CT molecular complexity index is 1090. The quantitative estimate of drug-likeness (QED) is 0.523. The molecule has 0 radical (unpaired) electrons. The van der Waals surface area contributed by atoms with E-state index in [-0.39, 0.29) is 29.0 Å². The molecule has 0 fully saturated rings. The third kappa shape index (κ3) is 2.99. The number of para-hydroxylation sites is 1. The van der Waals surface area contributed by atoms with Crippen molar-refractivity contribution in [2.45, 2.75) is 27.2 Å². The summed E-state index contributed by atoms with van der Waals surface area (Å²) in [6, 6.07) is 7.36. The molecule has 0 saturated carbocycles. The molecule has 2 heterocycles. The van der Waals surface area contributed by atoms with Gasteiger partial charge in [-0.2, -0.15) is 0 Å². The monoisotopic (exact) mass is 369 g/mol. The molecule has 0 spiro atoms. The average Bonchev–Trinajstić information content (AvgIpc) is 3.01. The Balaban J connectivity index is 2.41. The number of rotatable bonds is 4. The van der Waals surface area contributed by atoms with Crippen LogP contribution in [-0.4, -0.2) is 22.2 Å². The Kier molecular flexibility index (Phi) is 4.78. The molecule has 3 rings (SSSR count). The first-order valence-corrected chi connectivity index (χ1v) is 8.78. The van der Waals surface area contributed by atoms with E-state index >= 15 is 0 Å². The van der Waals surface area contributed by atoms with E-state index < -0.39 is 0 Å². The minimum atomic E-state index is -0.367. The van der Waals surface area contributed by atoms with Gasteiger partial charge in [0.05, 0.1) is 12.6 Å². The van der Waals surface area contributed by atoms with Crippen molar-refractivity contribution in [2.75, 3.05) is 7.11 Å². The van der Waals surface area contributed by atoms with E-state index in [1.807, 2.05) is 38.1 Å². The lowest BCUT2D eigenvalue weighted by molar-refractivity contribution is -0.622. The number of fused-ring (bicyclic) bond motifs is 1. The van der Waals surface area contributed by atoms with Gasteiger partial charge >= 0.3 is 11.4 Å². The smallest absolute Gasteiger partial charge is 0.404 e. The Morgan fingerprint density at radius 3 is 2.56 bits per heavy atom. The van der Waals surface area contributed by atoms with Crippen LogP contribution in [0.2, 0.25) is 0 Å². The first kappa shape index (κ1) is 18.7. The highest BCUT2D eigenvalue weighted by atomic mass is 16.5. The molecule has 0 aliphatic rings. The Morgan fingerprint density at radius 1 is 1.30 bits per heavy atom. The number of carbonyl (C=O) groups excluding carboxylic acids is 1. The SMILES string of the molecule is COc1c(-c2cn(C(C)=O)c3ccccc23)n(C)c(=O)c(CC(C)C)[n+]1[O-].